The van der Waals surface area contributed by atoms with Gasteiger partial charge >= 0.3 is 0 Å². The monoisotopic (exact) mass is 284 g/mol. The van der Waals surface area contributed by atoms with Gasteiger partial charge < -0.3 is 9.16 Å². The second-order valence-corrected chi connectivity index (χ2v) is 13.6. The third-order valence-corrected chi connectivity index (χ3v) is 10.4. The summed E-state index contributed by atoms with van der Waals surface area (Å²) in [6.07, 6.45) is 3.86. The maximum atomic E-state index is 6.50. The molecule has 0 unspecified atom stereocenters. The van der Waals surface area contributed by atoms with Crippen molar-refractivity contribution in [1.29, 1.82) is 0 Å². The summed E-state index contributed by atoms with van der Waals surface area (Å²) in [5, 5.41) is 0.295. The highest BCUT2D eigenvalue weighted by atomic mass is 28.4. The van der Waals surface area contributed by atoms with E-state index in [0.29, 0.717) is 16.4 Å². The minimum Gasteiger partial charge on any atom is -0.416 e. The predicted octanol–water partition coefficient (Wildman–Crippen LogP) is 4.60. The summed E-state index contributed by atoms with van der Waals surface area (Å²) in [4.78, 5) is 0. The van der Waals surface area contributed by atoms with Crippen LogP contribution < -0.4 is 0 Å². The zero-order valence-corrected chi connectivity index (χ0v) is 14.9. The van der Waals surface area contributed by atoms with E-state index in [2.05, 4.69) is 47.7 Å². The lowest BCUT2D eigenvalue weighted by Gasteiger charge is -2.45. The van der Waals surface area contributed by atoms with E-state index in [1.165, 1.54) is 19.3 Å². The lowest BCUT2D eigenvalue weighted by atomic mass is 9.64. The van der Waals surface area contributed by atoms with Gasteiger partial charge in [-0.1, -0.05) is 34.6 Å². The SMILES string of the molecule is CC1(C)CCC[C@]2(CO2)[C@@H]1CO[Si](C)(C)C(C)(C)C. The Morgan fingerprint density at radius 2 is 1.79 bits per heavy atom. The first-order valence-corrected chi connectivity index (χ1v) is 10.7. The van der Waals surface area contributed by atoms with E-state index in [1.54, 1.807) is 0 Å². The van der Waals surface area contributed by atoms with Gasteiger partial charge in [0.2, 0.25) is 0 Å². The van der Waals surface area contributed by atoms with Gasteiger partial charge in [0.25, 0.3) is 0 Å². The molecule has 0 aromatic heterocycles. The summed E-state index contributed by atoms with van der Waals surface area (Å²) < 4.78 is 12.4. The van der Waals surface area contributed by atoms with Crippen LogP contribution in [0.3, 0.4) is 0 Å². The van der Waals surface area contributed by atoms with Gasteiger partial charge in [0.05, 0.1) is 12.2 Å². The summed E-state index contributed by atoms with van der Waals surface area (Å²) in [5.74, 6) is 0.572. The summed E-state index contributed by atoms with van der Waals surface area (Å²) >= 11 is 0. The van der Waals surface area contributed by atoms with Gasteiger partial charge in [-0.25, -0.2) is 0 Å². The highest BCUT2D eigenvalue weighted by Gasteiger charge is 2.58. The van der Waals surface area contributed by atoms with Gasteiger partial charge in [0.1, 0.15) is 0 Å². The maximum absolute atomic E-state index is 6.50. The van der Waals surface area contributed by atoms with Crippen LogP contribution in [0, 0.1) is 11.3 Å². The molecule has 0 aromatic rings. The van der Waals surface area contributed by atoms with Crippen LogP contribution >= 0.6 is 0 Å². The van der Waals surface area contributed by atoms with Crippen LogP contribution in [0.15, 0.2) is 0 Å². The highest BCUT2D eigenvalue weighted by Crippen LogP contribution is 2.54. The van der Waals surface area contributed by atoms with Gasteiger partial charge in [0, 0.05) is 12.5 Å². The molecular weight excluding hydrogens is 252 g/mol. The third kappa shape index (κ3) is 2.93. The summed E-state index contributed by atoms with van der Waals surface area (Å²) in [7, 11) is -1.64. The smallest absolute Gasteiger partial charge is 0.191 e. The Kier molecular flexibility index (Phi) is 3.73. The molecule has 0 radical (unpaired) electrons. The molecule has 1 saturated carbocycles. The molecule has 0 N–H and O–H groups in total. The van der Waals surface area contributed by atoms with Gasteiger partial charge in [0.15, 0.2) is 8.32 Å². The average molecular weight is 285 g/mol. The molecule has 3 heteroatoms. The van der Waals surface area contributed by atoms with Crippen LogP contribution in [0.4, 0.5) is 0 Å². The Balaban J connectivity index is 2.05. The molecule has 2 rings (SSSR count). The second kappa shape index (κ2) is 4.57. The lowest BCUT2D eigenvalue weighted by Crippen LogP contribution is -2.48. The highest BCUT2D eigenvalue weighted by molar-refractivity contribution is 6.74. The number of hydrogen-bond acceptors (Lipinski definition) is 2. The van der Waals surface area contributed by atoms with E-state index < -0.39 is 8.32 Å². The van der Waals surface area contributed by atoms with Crippen LogP contribution in [-0.4, -0.2) is 27.1 Å². The van der Waals surface area contributed by atoms with Crippen molar-refractivity contribution < 1.29 is 9.16 Å². The fourth-order valence-electron chi connectivity index (χ4n) is 3.23. The molecule has 0 amide bonds. The zero-order valence-electron chi connectivity index (χ0n) is 13.9. The van der Waals surface area contributed by atoms with Crippen molar-refractivity contribution >= 4 is 8.32 Å². The Morgan fingerprint density at radius 1 is 1.21 bits per heavy atom. The van der Waals surface area contributed by atoms with Crippen molar-refractivity contribution in [3.8, 4) is 0 Å². The minimum atomic E-state index is -1.64. The maximum Gasteiger partial charge on any atom is 0.191 e. The Bertz CT molecular complexity index is 331. The molecule has 1 saturated heterocycles. The third-order valence-electron chi connectivity index (χ3n) is 5.93. The van der Waals surface area contributed by atoms with Crippen molar-refractivity contribution in [2.75, 3.05) is 13.2 Å². The summed E-state index contributed by atoms with van der Waals surface area (Å²) in [5.41, 5.74) is 0.529. The Morgan fingerprint density at radius 3 is 2.26 bits per heavy atom. The molecule has 0 aromatic carbocycles. The largest absolute Gasteiger partial charge is 0.416 e. The predicted molar refractivity (Wildman–Crippen MR) is 83.0 cm³/mol. The molecule has 1 aliphatic heterocycles. The van der Waals surface area contributed by atoms with Gasteiger partial charge in [-0.3, -0.25) is 0 Å². The average Bonchev–Trinajstić information content (AvgIpc) is 2.94. The van der Waals surface area contributed by atoms with Crippen LogP contribution in [0.1, 0.15) is 53.9 Å². The fourth-order valence-corrected chi connectivity index (χ4v) is 4.24. The van der Waals surface area contributed by atoms with Gasteiger partial charge in [-0.05, 0) is 42.8 Å². The van der Waals surface area contributed by atoms with Crippen molar-refractivity contribution in [3.05, 3.63) is 0 Å². The molecule has 112 valence electrons. The van der Waals surface area contributed by atoms with Crippen LogP contribution in [0.5, 0.6) is 0 Å². The first-order chi connectivity index (χ1) is 8.50. The van der Waals surface area contributed by atoms with Crippen LogP contribution in [0.25, 0.3) is 0 Å². The second-order valence-electron chi connectivity index (χ2n) is 8.82. The molecule has 2 nitrogen and oxygen atoms in total. The molecule has 19 heavy (non-hydrogen) atoms. The van der Waals surface area contributed by atoms with Crippen molar-refractivity contribution in [2.24, 2.45) is 11.3 Å². The van der Waals surface area contributed by atoms with Crippen molar-refractivity contribution in [2.45, 2.75) is 77.6 Å². The Labute approximate surface area is 120 Å². The van der Waals surface area contributed by atoms with E-state index in [0.717, 1.165) is 13.2 Å². The quantitative estimate of drug-likeness (QED) is 0.558. The molecule has 1 aliphatic carbocycles. The Hall–Kier alpha value is 0.137. The molecule has 2 aliphatic rings. The number of epoxide rings is 1. The van der Waals surface area contributed by atoms with Gasteiger partial charge in [-0.15, -0.1) is 0 Å². The van der Waals surface area contributed by atoms with Crippen LogP contribution in [0.2, 0.25) is 18.1 Å². The molecule has 2 atom stereocenters. The topological polar surface area (TPSA) is 21.8 Å². The zero-order chi connectivity index (χ0) is 14.5. The van der Waals surface area contributed by atoms with Crippen molar-refractivity contribution in [3.63, 3.8) is 0 Å². The molecule has 1 heterocycles. The van der Waals surface area contributed by atoms with E-state index in [4.69, 9.17) is 9.16 Å². The molecule has 0 bridgehead atoms. The minimum absolute atomic E-state index is 0.171. The van der Waals surface area contributed by atoms with E-state index in [-0.39, 0.29) is 5.60 Å². The van der Waals surface area contributed by atoms with E-state index in [9.17, 15) is 0 Å². The standard InChI is InChI=1S/C16H32O2Si/c1-14(2,3)19(6,7)18-11-13-15(4,5)9-8-10-16(13)12-17-16/h13H,8-12H2,1-7H3/t13-,16+/m1/s1. The number of hydrogen-bond donors (Lipinski definition) is 0. The molecular formula is C16H32O2Si. The molecule has 2 fully saturated rings. The van der Waals surface area contributed by atoms with E-state index in [1.807, 2.05) is 0 Å². The fraction of sp³-hybridized carbons (Fsp3) is 1.00. The first kappa shape index (κ1) is 15.5. The van der Waals surface area contributed by atoms with Gasteiger partial charge in [-0.2, -0.15) is 0 Å². The summed E-state index contributed by atoms with van der Waals surface area (Å²) in [6, 6.07) is 0. The molecule has 1 spiro atoms. The van der Waals surface area contributed by atoms with E-state index >= 15 is 0 Å². The normalized spacial score (nSPS) is 34.6. The van der Waals surface area contributed by atoms with Crippen molar-refractivity contribution in [1.82, 2.24) is 0 Å². The first-order valence-electron chi connectivity index (χ1n) is 7.78. The number of ether oxygens (including phenoxy) is 1. The van der Waals surface area contributed by atoms with Crippen LogP contribution in [-0.2, 0) is 9.16 Å². The lowest BCUT2D eigenvalue weighted by molar-refractivity contribution is 0.00694. The number of rotatable bonds is 3. The summed E-state index contributed by atoms with van der Waals surface area (Å²) in [6.45, 7) is 18.3.